The highest BCUT2D eigenvalue weighted by atomic mass is 32.2. The SMILES string of the molecule is O=S(=O)(O)c1ccc2c(c1)Cc1cc(S(=O)(=O)Oc3ccc(O)cc3)ccc1-2. The van der Waals surface area contributed by atoms with E-state index in [0.717, 1.165) is 11.1 Å². The van der Waals surface area contributed by atoms with Crippen LogP contribution in [0, 0.1) is 0 Å². The number of fused-ring (bicyclic) bond motifs is 3. The van der Waals surface area contributed by atoms with Gasteiger partial charge in [-0.15, -0.1) is 0 Å². The van der Waals surface area contributed by atoms with E-state index < -0.39 is 20.2 Å². The third kappa shape index (κ3) is 3.35. The summed E-state index contributed by atoms with van der Waals surface area (Å²) in [4.78, 5) is -0.246. The van der Waals surface area contributed by atoms with Gasteiger partial charge in [-0.25, -0.2) is 0 Å². The van der Waals surface area contributed by atoms with Gasteiger partial charge in [-0.2, -0.15) is 16.8 Å². The van der Waals surface area contributed by atoms with E-state index in [1.54, 1.807) is 12.1 Å². The van der Waals surface area contributed by atoms with Crippen LogP contribution in [0.4, 0.5) is 0 Å². The molecule has 0 aromatic heterocycles. The highest BCUT2D eigenvalue weighted by molar-refractivity contribution is 7.87. The summed E-state index contributed by atoms with van der Waals surface area (Å²) in [5.74, 6) is 0.0590. The molecule has 0 spiro atoms. The van der Waals surface area contributed by atoms with Crippen LogP contribution in [0.25, 0.3) is 11.1 Å². The lowest BCUT2D eigenvalue weighted by Crippen LogP contribution is -2.10. The fourth-order valence-electron chi connectivity index (χ4n) is 3.16. The van der Waals surface area contributed by atoms with Crippen LogP contribution in [0.1, 0.15) is 11.1 Å². The Balaban J connectivity index is 1.67. The molecule has 3 aromatic rings. The molecule has 0 fully saturated rings. The van der Waals surface area contributed by atoms with Crippen molar-refractivity contribution in [2.75, 3.05) is 0 Å². The number of rotatable bonds is 4. The molecule has 0 radical (unpaired) electrons. The van der Waals surface area contributed by atoms with Crippen LogP contribution in [-0.4, -0.2) is 26.5 Å². The van der Waals surface area contributed by atoms with Gasteiger partial charge in [-0.05, 0) is 77.2 Å². The molecule has 7 nitrogen and oxygen atoms in total. The summed E-state index contributed by atoms with van der Waals surface area (Å²) in [7, 11) is -8.40. The molecule has 0 atom stereocenters. The van der Waals surface area contributed by atoms with Crippen LogP contribution in [0.3, 0.4) is 0 Å². The van der Waals surface area contributed by atoms with E-state index in [9.17, 15) is 26.5 Å². The molecule has 0 heterocycles. The Morgan fingerprint density at radius 3 is 1.86 bits per heavy atom. The topological polar surface area (TPSA) is 118 Å². The molecule has 144 valence electrons. The Labute approximate surface area is 161 Å². The summed E-state index contributed by atoms with van der Waals surface area (Å²) in [5, 5.41) is 9.28. The predicted octanol–water partition coefficient (Wildman–Crippen LogP) is 2.98. The molecule has 28 heavy (non-hydrogen) atoms. The van der Waals surface area contributed by atoms with Crippen LogP contribution in [-0.2, 0) is 26.7 Å². The van der Waals surface area contributed by atoms with Crippen molar-refractivity contribution in [3.63, 3.8) is 0 Å². The molecule has 0 saturated heterocycles. The standard InChI is InChI=1S/C19H14O7S2/c20-14-1-3-15(4-2-14)26-28(24,25)17-6-8-19-13(11-17)9-12-10-16(27(21,22)23)5-7-18(12)19/h1-8,10-11,20H,9H2,(H,21,22,23). The van der Waals surface area contributed by atoms with Gasteiger partial charge in [-0.3, -0.25) is 4.55 Å². The van der Waals surface area contributed by atoms with E-state index in [0.29, 0.717) is 17.5 Å². The Kier molecular flexibility index (Phi) is 4.18. The molecule has 0 aliphatic heterocycles. The van der Waals surface area contributed by atoms with Crippen molar-refractivity contribution in [1.82, 2.24) is 0 Å². The van der Waals surface area contributed by atoms with E-state index in [-0.39, 0.29) is 21.3 Å². The first kappa shape index (κ1) is 18.5. The zero-order valence-corrected chi connectivity index (χ0v) is 15.9. The number of aromatic hydroxyl groups is 1. The van der Waals surface area contributed by atoms with Crippen molar-refractivity contribution in [2.45, 2.75) is 16.2 Å². The average Bonchev–Trinajstić information content (AvgIpc) is 2.99. The minimum Gasteiger partial charge on any atom is -0.508 e. The van der Waals surface area contributed by atoms with E-state index in [4.69, 9.17) is 4.18 Å². The molecule has 9 heteroatoms. The zero-order valence-electron chi connectivity index (χ0n) is 14.2. The number of hydrogen-bond acceptors (Lipinski definition) is 6. The summed E-state index contributed by atoms with van der Waals surface area (Å²) in [5.41, 5.74) is 2.96. The molecule has 0 unspecified atom stereocenters. The molecule has 0 saturated carbocycles. The maximum absolute atomic E-state index is 12.5. The van der Waals surface area contributed by atoms with Crippen molar-refractivity contribution in [3.8, 4) is 22.6 Å². The van der Waals surface area contributed by atoms with Crippen molar-refractivity contribution in [1.29, 1.82) is 0 Å². The van der Waals surface area contributed by atoms with Crippen molar-refractivity contribution in [2.24, 2.45) is 0 Å². The van der Waals surface area contributed by atoms with Gasteiger partial charge < -0.3 is 9.29 Å². The van der Waals surface area contributed by atoms with E-state index >= 15 is 0 Å². The quantitative estimate of drug-likeness (QED) is 0.386. The zero-order chi connectivity index (χ0) is 20.1. The summed E-state index contributed by atoms with van der Waals surface area (Å²) in [6, 6.07) is 14.1. The first-order chi connectivity index (χ1) is 13.1. The van der Waals surface area contributed by atoms with Gasteiger partial charge in [0.1, 0.15) is 16.4 Å². The summed E-state index contributed by atoms with van der Waals surface area (Å²) >= 11 is 0. The van der Waals surface area contributed by atoms with E-state index in [1.807, 2.05) is 0 Å². The van der Waals surface area contributed by atoms with E-state index in [2.05, 4.69) is 0 Å². The number of phenolic OH excluding ortho intramolecular Hbond substituents is 1. The minimum atomic E-state index is -4.31. The van der Waals surface area contributed by atoms with Gasteiger partial charge in [0.15, 0.2) is 0 Å². The number of phenols is 1. The molecule has 1 aliphatic rings. The highest BCUT2D eigenvalue weighted by Crippen LogP contribution is 2.39. The maximum atomic E-state index is 12.5. The largest absolute Gasteiger partial charge is 0.508 e. The lowest BCUT2D eigenvalue weighted by Gasteiger charge is -2.09. The molecule has 0 bridgehead atoms. The van der Waals surface area contributed by atoms with Crippen LogP contribution < -0.4 is 4.18 Å². The summed E-state index contributed by atoms with van der Waals surface area (Å²) < 4.78 is 62.1. The van der Waals surface area contributed by atoms with Gasteiger partial charge >= 0.3 is 10.1 Å². The molecule has 3 aromatic carbocycles. The minimum absolute atomic E-state index is 0.00990. The third-order valence-corrected chi connectivity index (χ3v) is 6.55. The Bertz CT molecular complexity index is 1290. The second-order valence-corrected chi connectivity index (χ2v) is 9.29. The molecule has 1 aliphatic carbocycles. The van der Waals surface area contributed by atoms with Gasteiger partial charge in [0.2, 0.25) is 0 Å². The Morgan fingerprint density at radius 2 is 1.29 bits per heavy atom. The summed E-state index contributed by atoms with van der Waals surface area (Å²) in [6.07, 6.45) is 0.330. The monoisotopic (exact) mass is 418 g/mol. The number of benzene rings is 3. The Morgan fingerprint density at radius 1 is 0.750 bits per heavy atom. The third-order valence-electron chi connectivity index (χ3n) is 4.45. The van der Waals surface area contributed by atoms with E-state index in [1.165, 1.54) is 48.5 Å². The lowest BCUT2D eigenvalue weighted by atomic mass is 10.1. The van der Waals surface area contributed by atoms with Crippen molar-refractivity contribution >= 4 is 20.2 Å². The normalized spacial score (nSPS) is 13.0. The molecule has 2 N–H and O–H groups in total. The van der Waals surface area contributed by atoms with Crippen LogP contribution >= 0.6 is 0 Å². The van der Waals surface area contributed by atoms with Crippen molar-refractivity contribution in [3.05, 3.63) is 71.8 Å². The first-order valence-electron chi connectivity index (χ1n) is 8.11. The fraction of sp³-hybridized carbons (Fsp3) is 0.0526. The maximum Gasteiger partial charge on any atom is 0.339 e. The second-order valence-electron chi connectivity index (χ2n) is 6.32. The fourth-order valence-corrected chi connectivity index (χ4v) is 4.67. The lowest BCUT2D eigenvalue weighted by molar-refractivity contribution is 0.468. The molecular formula is C19H14O7S2. The first-order valence-corrected chi connectivity index (χ1v) is 11.0. The molecule has 4 rings (SSSR count). The van der Waals surface area contributed by atoms with Gasteiger partial charge in [0, 0.05) is 0 Å². The number of hydrogen-bond donors (Lipinski definition) is 2. The van der Waals surface area contributed by atoms with Gasteiger partial charge in [0.25, 0.3) is 10.1 Å². The molecular weight excluding hydrogens is 404 g/mol. The smallest absolute Gasteiger partial charge is 0.339 e. The van der Waals surface area contributed by atoms with Crippen molar-refractivity contribution < 1.29 is 30.7 Å². The van der Waals surface area contributed by atoms with Crippen LogP contribution in [0.2, 0.25) is 0 Å². The van der Waals surface area contributed by atoms with Crippen LogP contribution in [0.15, 0.2) is 70.5 Å². The predicted molar refractivity (Wildman–Crippen MR) is 100 cm³/mol. The van der Waals surface area contributed by atoms with Gasteiger partial charge in [-0.1, -0.05) is 12.1 Å². The Hall–Kier alpha value is -2.88. The highest BCUT2D eigenvalue weighted by Gasteiger charge is 2.25. The van der Waals surface area contributed by atoms with Crippen LogP contribution in [0.5, 0.6) is 11.5 Å². The van der Waals surface area contributed by atoms with Gasteiger partial charge in [0.05, 0.1) is 4.90 Å². The average molecular weight is 418 g/mol. The second kappa shape index (κ2) is 6.33. The molecule has 0 amide bonds. The summed E-state index contributed by atoms with van der Waals surface area (Å²) in [6.45, 7) is 0.